The first-order valence-corrected chi connectivity index (χ1v) is 21.9. The summed E-state index contributed by atoms with van der Waals surface area (Å²) in [6, 6.07) is 68.2. The molecule has 0 bridgehead atoms. The number of allylic oxidation sites excluding steroid dienone is 5. The van der Waals surface area contributed by atoms with Crippen LogP contribution in [0, 0.1) is 0 Å². The molecule has 11 aromatic rings. The molecule has 0 saturated heterocycles. The molecule has 2 aromatic heterocycles. The summed E-state index contributed by atoms with van der Waals surface area (Å²) in [5.74, 6) is 1.75. The number of fused-ring (bicyclic) bond motifs is 14. The Morgan fingerprint density at radius 3 is 1.98 bits per heavy atom. The highest BCUT2D eigenvalue weighted by Gasteiger charge is 2.49. The van der Waals surface area contributed by atoms with Gasteiger partial charge in [0.2, 0.25) is 0 Å². The molecule has 0 fully saturated rings. The molecule has 64 heavy (non-hydrogen) atoms. The average Bonchev–Trinajstić information content (AvgIpc) is 3.88. The van der Waals surface area contributed by atoms with Crippen molar-refractivity contribution in [1.82, 2.24) is 4.57 Å². The quantitative estimate of drug-likeness (QED) is 0.157. The van der Waals surface area contributed by atoms with Crippen molar-refractivity contribution in [1.29, 1.82) is 0 Å². The van der Waals surface area contributed by atoms with E-state index in [0.717, 1.165) is 83.7 Å². The van der Waals surface area contributed by atoms with Crippen LogP contribution >= 0.6 is 0 Å². The van der Waals surface area contributed by atoms with Crippen LogP contribution in [0.2, 0.25) is 0 Å². The maximum absolute atomic E-state index is 6.72. The SMILES string of the molecule is C=C/C=C\C=C(/C)n1c2ccccc2c2cc(N(c3ccc4c(c3)oc3ccccc34)c3ccc4c5c(cccc35)C3(c5ccccc5Oc5ccccc53)c3ccccc3-4)ccc21. The van der Waals surface area contributed by atoms with Crippen molar-refractivity contribution in [3.63, 3.8) is 0 Å². The standard InChI is InChI=1S/C60H40N2O2/c1-3-4-5-17-38(2)61-52-26-12-7-19-42(52)47-36-39(31-34-54(47)61)62(40-30-32-44-43-20-8-13-27-55(43)63-58(44)37-40)53-35-33-45-41-18-6-9-22-48(41)60(51-25-16-21-46(53)59(45)51)49-23-10-14-28-56(49)64-57-29-15-11-24-50(57)60/h3-37H,1H2,2H3/b5-4-,38-17+. The molecule has 0 N–H and O–H groups in total. The van der Waals surface area contributed by atoms with E-state index in [-0.39, 0.29) is 0 Å². The largest absolute Gasteiger partial charge is 0.457 e. The lowest BCUT2D eigenvalue weighted by Crippen LogP contribution is -2.36. The molecule has 4 heteroatoms. The number of hydrogen-bond acceptors (Lipinski definition) is 3. The predicted octanol–water partition coefficient (Wildman–Crippen LogP) is 16.4. The number of benzene rings is 9. The van der Waals surface area contributed by atoms with E-state index in [1.807, 2.05) is 24.3 Å². The molecule has 0 saturated carbocycles. The third-order valence-electron chi connectivity index (χ3n) is 13.6. The van der Waals surface area contributed by atoms with E-state index in [2.05, 4.69) is 205 Å². The normalized spacial score (nSPS) is 13.7. The number of hydrogen-bond donors (Lipinski definition) is 0. The Balaban J connectivity index is 1.12. The number of ether oxygens (including phenoxy) is 1. The minimum Gasteiger partial charge on any atom is -0.457 e. The molecular weight excluding hydrogens is 781 g/mol. The van der Waals surface area contributed by atoms with Crippen LogP contribution in [0.4, 0.5) is 17.1 Å². The Kier molecular flexibility index (Phi) is 7.85. The van der Waals surface area contributed by atoms with Gasteiger partial charge < -0.3 is 18.6 Å². The summed E-state index contributed by atoms with van der Waals surface area (Å²) in [5, 5.41) is 6.96. The Morgan fingerprint density at radius 2 is 1.16 bits per heavy atom. The highest BCUT2D eigenvalue weighted by molar-refractivity contribution is 6.15. The van der Waals surface area contributed by atoms with E-state index in [1.165, 1.54) is 38.4 Å². The van der Waals surface area contributed by atoms with E-state index in [1.54, 1.807) is 6.08 Å². The Bertz CT molecular complexity index is 3780. The number of para-hydroxylation sites is 4. The van der Waals surface area contributed by atoms with E-state index in [9.17, 15) is 0 Å². The van der Waals surface area contributed by atoms with Gasteiger partial charge in [-0.05, 0) is 101 Å². The van der Waals surface area contributed by atoms with Gasteiger partial charge in [0.25, 0.3) is 0 Å². The highest BCUT2D eigenvalue weighted by atomic mass is 16.5. The predicted molar refractivity (Wildman–Crippen MR) is 266 cm³/mol. The zero-order valence-corrected chi connectivity index (χ0v) is 35.1. The molecule has 13 rings (SSSR count). The summed E-state index contributed by atoms with van der Waals surface area (Å²) in [6.07, 6.45) is 7.96. The van der Waals surface area contributed by atoms with Crippen LogP contribution < -0.4 is 9.64 Å². The molecule has 2 aliphatic rings. The van der Waals surface area contributed by atoms with Gasteiger partial charge in [0.15, 0.2) is 0 Å². The molecule has 1 aliphatic carbocycles. The van der Waals surface area contributed by atoms with Crippen LogP contribution in [0.1, 0.15) is 29.2 Å². The number of furan rings is 1. The second-order valence-electron chi connectivity index (χ2n) is 16.8. The number of aromatic nitrogens is 1. The highest BCUT2D eigenvalue weighted by Crippen LogP contribution is 2.62. The number of nitrogens with zero attached hydrogens (tertiary/aromatic N) is 2. The third-order valence-corrected chi connectivity index (χ3v) is 13.6. The molecular formula is C60H40N2O2. The zero-order chi connectivity index (χ0) is 42.5. The molecule has 4 nitrogen and oxygen atoms in total. The summed E-state index contributed by atoms with van der Waals surface area (Å²) in [5.41, 5.74) is 14.9. The van der Waals surface area contributed by atoms with Crippen molar-refractivity contribution in [2.45, 2.75) is 12.3 Å². The molecule has 3 heterocycles. The Hall–Kier alpha value is -8.34. The van der Waals surface area contributed by atoms with Crippen molar-refractivity contribution in [2.24, 2.45) is 0 Å². The first-order valence-electron chi connectivity index (χ1n) is 21.9. The van der Waals surface area contributed by atoms with Gasteiger partial charge in [-0.15, -0.1) is 0 Å². The van der Waals surface area contributed by atoms with E-state index < -0.39 is 5.41 Å². The van der Waals surface area contributed by atoms with Gasteiger partial charge >= 0.3 is 0 Å². The first kappa shape index (κ1) is 36.3. The van der Waals surface area contributed by atoms with Crippen LogP contribution in [0.3, 0.4) is 0 Å². The third kappa shape index (κ3) is 4.99. The minimum absolute atomic E-state index is 0.627. The lowest BCUT2D eigenvalue weighted by Gasteiger charge is -2.45. The fraction of sp³-hybridized carbons (Fsp3) is 0.0333. The van der Waals surface area contributed by atoms with E-state index in [4.69, 9.17) is 9.15 Å². The molecule has 0 unspecified atom stereocenters. The maximum atomic E-state index is 6.72. The van der Waals surface area contributed by atoms with Gasteiger partial charge in [0.1, 0.15) is 22.7 Å². The fourth-order valence-corrected chi connectivity index (χ4v) is 11.0. The molecule has 0 radical (unpaired) electrons. The molecule has 9 aromatic carbocycles. The van der Waals surface area contributed by atoms with Gasteiger partial charge in [-0.25, -0.2) is 0 Å². The molecule has 302 valence electrons. The van der Waals surface area contributed by atoms with Crippen molar-refractivity contribution in [3.8, 4) is 22.6 Å². The van der Waals surface area contributed by atoms with Crippen LogP contribution in [-0.4, -0.2) is 4.57 Å². The van der Waals surface area contributed by atoms with Crippen molar-refractivity contribution in [3.05, 3.63) is 241 Å². The summed E-state index contributed by atoms with van der Waals surface area (Å²) >= 11 is 0. The molecule has 1 spiro atoms. The average molecular weight is 821 g/mol. The van der Waals surface area contributed by atoms with Gasteiger partial charge in [-0.1, -0.05) is 146 Å². The molecule has 0 atom stereocenters. The van der Waals surface area contributed by atoms with Crippen molar-refractivity contribution in [2.75, 3.05) is 4.90 Å². The second-order valence-corrected chi connectivity index (χ2v) is 16.8. The van der Waals surface area contributed by atoms with Crippen LogP contribution in [0.15, 0.2) is 223 Å². The zero-order valence-electron chi connectivity index (χ0n) is 35.1. The number of anilines is 3. The van der Waals surface area contributed by atoms with Crippen LogP contribution in [0.5, 0.6) is 11.5 Å². The van der Waals surface area contributed by atoms with E-state index in [0.29, 0.717) is 0 Å². The minimum atomic E-state index is -0.627. The first-order chi connectivity index (χ1) is 31.6. The van der Waals surface area contributed by atoms with Crippen molar-refractivity contribution >= 4 is 77.3 Å². The Morgan fingerprint density at radius 1 is 0.516 bits per heavy atom. The van der Waals surface area contributed by atoms with Gasteiger partial charge in [0, 0.05) is 61.2 Å². The van der Waals surface area contributed by atoms with E-state index >= 15 is 0 Å². The molecule has 1 aliphatic heterocycles. The van der Waals surface area contributed by atoms with Crippen LogP contribution in [0.25, 0.3) is 71.3 Å². The molecule has 0 amide bonds. The van der Waals surface area contributed by atoms with Crippen molar-refractivity contribution < 1.29 is 9.15 Å². The number of rotatable bonds is 6. The monoisotopic (exact) mass is 820 g/mol. The summed E-state index contributed by atoms with van der Waals surface area (Å²) in [4.78, 5) is 2.43. The lowest BCUT2D eigenvalue weighted by atomic mass is 9.58. The smallest absolute Gasteiger partial charge is 0.137 e. The Labute approximate surface area is 370 Å². The van der Waals surface area contributed by atoms with Gasteiger partial charge in [-0.3, -0.25) is 0 Å². The summed E-state index contributed by atoms with van der Waals surface area (Å²) < 4.78 is 15.7. The van der Waals surface area contributed by atoms with Crippen LogP contribution in [-0.2, 0) is 5.41 Å². The summed E-state index contributed by atoms with van der Waals surface area (Å²) in [6.45, 7) is 6.04. The lowest BCUT2D eigenvalue weighted by molar-refractivity contribution is 0.435. The summed E-state index contributed by atoms with van der Waals surface area (Å²) in [7, 11) is 0. The second kappa shape index (κ2) is 13.8. The maximum Gasteiger partial charge on any atom is 0.137 e. The topological polar surface area (TPSA) is 30.5 Å². The fourth-order valence-electron chi connectivity index (χ4n) is 11.0. The van der Waals surface area contributed by atoms with Gasteiger partial charge in [0.05, 0.1) is 22.1 Å². The van der Waals surface area contributed by atoms with Gasteiger partial charge in [-0.2, -0.15) is 0 Å².